The summed E-state index contributed by atoms with van der Waals surface area (Å²) in [4.78, 5) is 0. The first-order valence-electron chi connectivity index (χ1n) is 6.87. The van der Waals surface area contributed by atoms with Crippen molar-refractivity contribution in [1.82, 2.24) is 10.0 Å². The second kappa shape index (κ2) is 7.22. The average Bonchev–Trinajstić information content (AvgIpc) is 3.10. The molecule has 21 heavy (non-hydrogen) atoms. The predicted octanol–water partition coefficient (Wildman–Crippen LogP) is 2.88. The normalized spacial score (nSPS) is 13.4. The van der Waals surface area contributed by atoms with Crippen LogP contribution < -0.4 is 10.0 Å². The Balaban J connectivity index is 2.02. The summed E-state index contributed by atoms with van der Waals surface area (Å²) in [5.41, 5.74) is 0.986. The molecule has 0 amide bonds. The maximum atomic E-state index is 12.3. The Hall–Kier alpha value is -1.15. The highest BCUT2D eigenvalue weighted by Gasteiger charge is 2.21. The van der Waals surface area contributed by atoms with Gasteiger partial charge in [-0.1, -0.05) is 6.92 Å². The topological polar surface area (TPSA) is 71.3 Å². The monoisotopic (exact) mass is 328 g/mol. The van der Waals surface area contributed by atoms with Crippen molar-refractivity contribution in [3.05, 3.63) is 41.2 Å². The van der Waals surface area contributed by atoms with Crippen LogP contribution >= 0.6 is 11.3 Å². The molecule has 2 N–H and O–H groups in total. The molecule has 1 unspecified atom stereocenters. The number of hydrogen-bond acceptors (Lipinski definition) is 5. The second-order valence-corrected chi connectivity index (χ2v) is 7.66. The molecule has 7 heteroatoms. The minimum absolute atomic E-state index is 0.328. The van der Waals surface area contributed by atoms with Crippen molar-refractivity contribution in [3.8, 4) is 0 Å². The first-order valence-corrected chi connectivity index (χ1v) is 9.23. The van der Waals surface area contributed by atoms with E-state index in [4.69, 9.17) is 4.42 Å². The third-order valence-corrected chi connectivity index (χ3v) is 5.98. The summed E-state index contributed by atoms with van der Waals surface area (Å²) in [6.45, 7) is 5.46. The van der Waals surface area contributed by atoms with Crippen LogP contribution in [0.4, 0.5) is 0 Å². The lowest BCUT2D eigenvalue weighted by Gasteiger charge is -2.10. The summed E-state index contributed by atoms with van der Waals surface area (Å²) in [6, 6.07) is 4.81. The molecule has 1 atom stereocenters. The van der Waals surface area contributed by atoms with Crippen molar-refractivity contribution in [3.63, 3.8) is 0 Å². The van der Waals surface area contributed by atoms with Crippen LogP contribution in [0, 0.1) is 0 Å². The summed E-state index contributed by atoms with van der Waals surface area (Å²) >= 11 is 1.23. The standard InChI is InChI=1S/C14H20N2O3S2/c1-3-6-15-9-12-8-14(20-10-12)21(17,18)16-11(2)13-5-4-7-19-13/h4-5,7-8,10-11,15-16H,3,6,9H2,1-2H3. The molecule has 0 radical (unpaired) electrons. The molecule has 0 aliphatic rings. The van der Waals surface area contributed by atoms with Gasteiger partial charge in [-0.2, -0.15) is 0 Å². The van der Waals surface area contributed by atoms with Crippen molar-refractivity contribution in [2.45, 2.75) is 37.1 Å². The third-order valence-electron chi connectivity index (χ3n) is 2.95. The molecule has 0 saturated heterocycles. The first-order chi connectivity index (χ1) is 10.0. The van der Waals surface area contributed by atoms with Gasteiger partial charge in [0, 0.05) is 6.54 Å². The fourth-order valence-corrected chi connectivity index (χ4v) is 4.32. The summed E-state index contributed by atoms with van der Waals surface area (Å²) in [7, 11) is -3.51. The highest BCUT2D eigenvalue weighted by Crippen LogP contribution is 2.23. The molecule has 0 bridgehead atoms. The molecule has 0 fully saturated rings. The fourth-order valence-electron chi connectivity index (χ4n) is 1.88. The number of rotatable bonds is 8. The van der Waals surface area contributed by atoms with E-state index in [9.17, 15) is 8.42 Å². The van der Waals surface area contributed by atoms with Gasteiger partial charge in [0.1, 0.15) is 9.97 Å². The number of furan rings is 1. The van der Waals surface area contributed by atoms with Crippen LogP contribution in [0.5, 0.6) is 0 Å². The van der Waals surface area contributed by atoms with E-state index >= 15 is 0 Å². The molecule has 2 aromatic heterocycles. The third kappa shape index (κ3) is 4.41. The fraction of sp³-hybridized carbons (Fsp3) is 0.429. The SMILES string of the molecule is CCCNCc1csc(S(=O)(=O)NC(C)c2ccco2)c1. The predicted molar refractivity (Wildman–Crippen MR) is 83.8 cm³/mol. The Bertz CT molecular complexity index is 648. The molecule has 116 valence electrons. The lowest BCUT2D eigenvalue weighted by molar-refractivity contribution is 0.459. The number of nitrogens with one attached hydrogen (secondary N) is 2. The van der Waals surface area contributed by atoms with Gasteiger partial charge in [-0.15, -0.1) is 11.3 Å². The van der Waals surface area contributed by atoms with E-state index in [-0.39, 0.29) is 0 Å². The summed E-state index contributed by atoms with van der Waals surface area (Å²) < 4.78 is 32.8. The van der Waals surface area contributed by atoms with Gasteiger partial charge < -0.3 is 9.73 Å². The van der Waals surface area contributed by atoms with Crippen molar-refractivity contribution >= 4 is 21.4 Å². The molecule has 2 rings (SSSR count). The zero-order valence-corrected chi connectivity index (χ0v) is 13.8. The van der Waals surface area contributed by atoms with Gasteiger partial charge in [0.15, 0.2) is 0 Å². The summed E-state index contributed by atoms with van der Waals surface area (Å²) in [6.07, 6.45) is 2.58. The minimum Gasteiger partial charge on any atom is -0.468 e. The quantitative estimate of drug-likeness (QED) is 0.731. The highest BCUT2D eigenvalue weighted by molar-refractivity contribution is 7.91. The van der Waals surface area contributed by atoms with Gasteiger partial charge in [-0.05, 0) is 49.0 Å². The smallest absolute Gasteiger partial charge is 0.250 e. The number of hydrogen-bond donors (Lipinski definition) is 2. The van der Waals surface area contributed by atoms with Crippen molar-refractivity contribution < 1.29 is 12.8 Å². The molecule has 0 aromatic carbocycles. The van der Waals surface area contributed by atoms with E-state index in [1.807, 2.05) is 5.38 Å². The van der Waals surface area contributed by atoms with Crippen LogP contribution in [-0.2, 0) is 16.6 Å². The Morgan fingerprint density at radius 1 is 1.43 bits per heavy atom. The van der Waals surface area contributed by atoms with E-state index in [1.165, 1.54) is 17.6 Å². The van der Waals surface area contributed by atoms with Crippen LogP contribution in [0.1, 0.15) is 37.6 Å². The van der Waals surface area contributed by atoms with E-state index in [0.29, 0.717) is 16.5 Å². The van der Waals surface area contributed by atoms with Crippen molar-refractivity contribution in [1.29, 1.82) is 0 Å². The van der Waals surface area contributed by atoms with Crippen LogP contribution in [-0.4, -0.2) is 15.0 Å². The van der Waals surface area contributed by atoms with Crippen LogP contribution in [0.2, 0.25) is 0 Å². The molecule has 2 heterocycles. The van der Waals surface area contributed by atoms with Gasteiger partial charge in [0.05, 0.1) is 12.3 Å². The van der Waals surface area contributed by atoms with E-state index in [0.717, 1.165) is 18.5 Å². The first kappa shape index (κ1) is 16.2. The maximum Gasteiger partial charge on any atom is 0.250 e. The van der Waals surface area contributed by atoms with Gasteiger partial charge in [0.2, 0.25) is 0 Å². The highest BCUT2D eigenvalue weighted by atomic mass is 32.2. The molecular formula is C14H20N2O3S2. The Morgan fingerprint density at radius 3 is 2.90 bits per heavy atom. The Labute approximate surface area is 129 Å². The van der Waals surface area contributed by atoms with Gasteiger partial charge in [-0.3, -0.25) is 0 Å². The largest absolute Gasteiger partial charge is 0.468 e. The Kier molecular flexibility index (Phi) is 5.58. The number of thiophene rings is 1. The molecule has 0 aliphatic carbocycles. The average molecular weight is 328 g/mol. The maximum absolute atomic E-state index is 12.3. The zero-order valence-electron chi connectivity index (χ0n) is 12.1. The summed E-state index contributed by atoms with van der Waals surface area (Å²) in [5.74, 6) is 0.597. The lowest BCUT2D eigenvalue weighted by Crippen LogP contribution is -2.26. The van der Waals surface area contributed by atoms with Gasteiger partial charge in [0.25, 0.3) is 10.0 Å². The second-order valence-electron chi connectivity index (χ2n) is 4.81. The Morgan fingerprint density at radius 2 is 2.24 bits per heavy atom. The summed E-state index contributed by atoms with van der Waals surface area (Å²) in [5, 5.41) is 5.13. The van der Waals surface area contributed by atoms with Crippen molar-refractivity contribution in [2.24, 2.45) is 0 Å². The van der Waals surface area contributed by atoms with Crippen molar-refractivity contribution in [2.75, 3.05) is 6.54 Å². The van der Waals surface area contributed by atoms with E-state index in [2.05, 4.69) is 17.0 Å². The molecule has 0 spiro atoms. The van der Waals surface area contributed by atoms with Gasteiger partial charge >= 0.3 is 0 Å². The lowest BCUT2D eigenvalue weighted by atomic mass is 10.3. The van der Waals surface area contributed by atoms with E-state index < -0.39 is 16.1 Å². The molecule has 0 aliphatic heterocycles. The van der Waals surface area contributed by atoms with Crippen LogP contribution in [0.25, 0.3) is 0 Å². The van der Waals surface area contributed by atoms with Crippen LogP contribution in [0.3, 0.4) is 0 Å². The minimum atomic E-state index is -3.51. The number of sulfonamides is 1. The van der Waals surface area contributed by atoms with E-state index in [1.54, 1.807) is 25.1 Å². The molecule has 5 nitrogen and oxygen atoms in total. The molecule has 2 aromatic rings. The van der Waals surface area contributed by atoms with Crippen LogP contribution in [0.15, 0.2) is 38.5 Å². The van der Waals surface area contributed by atoms with Gasteiger partial charge in [-0.25, -0.2) is 13.1 Å². The molecular weight excluding hydrogens is 308 g/mol. The molecule has 0 saturated carbocycles. The zero-order chi connectivity index (χ0) is 15.3.